The molecule has 6 heteroatoms. The van der Waals surface area contributed by atoms with Crippen LogP contribution in [0.15, 0.2) is 0 Å². The molecule has 2 aliphatic heterocycles. The fourth-order valence-corrected chi connectivity index (χ4v) is 2.26. The highest BCUT2D eigenvalue weighted by atomic mass is 16.8. The predicted octanol–water partition coefficient (Wildman–Crippen LogP) is 0.423. The van der Waals surface area contributed by atoms with E-state index in [1.54, 1.807) is 0 Å². The van der Waals surface area contributed by atoms with Gasteiger partial charge in [-0.2, -0.15) is 0 Å². The molecule has 2 fully saturated rings. The van der Waals surface area contributed by atoms with Gasteiger partial charge in [0.1, 0.15) is 6.10 Å². The van der Waals surface area contributed by atoms with Crippen LogP contribution in [0, 0.1) is 0 Å². The monoisotopic (exact) mass is 232 g/mol. The van der Waals surface area contributed by atoms with Gasteiger partial charge < -0.3 is 24.1 Å². The molecule has 6 nitrogen and oxygen atoms in total. The third-order valence-electron chi connectivity index (χ3n) is 3.32. The lowest BCUT2D eigenvalue weighted by Gasteiger charge is -2.45. The minimum Gasteiger partial charge on any atom is -0.424 e. The second-order valence-electron chi connectivity index (χ2n) is 4.25. The van der Waals surface area contributed by atoms with Crippen LogP contribution in [0.25, 0.3) is 0 Å². The SMILES string of the molecule is CC[C@]1(C)OC(O)[C@@H]2OC(=O)O[C@@H]2[C@H]1OC. The molecule has 5 atom stereocenters. The Labute approximate surface area is 93.4 Å². The molecule has 0 saturated carbocycles. The zero-order valence-corrected chi connectivity index (χ0v) is 9.50. The van der Waals surface area contributed by atoms with E-state index in [-0.39, 0.29) is 0 Å². The van der Waals surface area contributed by atoms with Gasteiger partial charge in [0.05, 0.1) is 5.60 Å². The summed E-state index contributed by atoms with van der Waals surface area (Å²) in [5.74, 6) is 0. The molecule has 0 amide bonds. The minimum absolute atomic E-state index is 0.447. The Kier molecular flexibility index (Phi) is 2.81. The molecular formula is C10H16O6. The smallest absolute Gasteiger partial charge is 0.424 e. The third kappa shape index (κ3) is 1.57. The first-order valence-electron chi connectivity index (χ1n) is 5.28. The normalized spacial score (nSPS) is 47.1. The Morgan fingerprint density at radius 1 is 1.44 bits per heavy atom. The average molecular weight is 232 g/mol. The van der Waals surface area contributed by atoms with Crippen molar-refractivity contribution in [2.24, 2.45) is 0 Å². The van der Waals surface area contributed by atoms with E-state index in [9.17, 15) is 9.90 Å². The van der Waals surface area contributed by atoms with Gasteiger partial charge >= 0.3 is 6.16 Å². The Morgan fingerprint density at radius 2 is 2.06 bits per heavy atom. The van der Waals surface area contributed by atoms with E-state index in [1.165, 1.54) is 7.11 Å². The van der Waals surface area contributed by atoms with E-state index in [2.05, 4.69) is 0 Å². The molecule has 16 heavy (non-hydrogen) atoms. The second kappa shape index (κ2) is 3.87. The van der Waals surface area contributed by atoms with Crippen LogP contribution in [0.2, 0.25) is 0 Å². The van der Waals surface area contributed by atoms with Gasteiger partial charge in [-0.05, 0) is 13.3 Å². The molecule has 2 saturated heterocycles. The van der Waals surface area contributed by atoms with E-state index >= 15 is 0 Å². The van der Waals surface area contributed by atoms with Crippen molar-refractivity contribution in [3.63, 3.8) is 0 Å². The molecule has 0 aliphatic carbocycles. The number of methoxy groups -OCH3 is 1. The largest absolute Gasteiger partial charge is 0.509 e. The van der Waals surface area contributed by atoms with Gasteiger partial charge in [0, 0.05) is 7.11 Å². The topological polar surface area (TPSA) is 74.2 Å². The number of rotatable bonds is 2. The summed E-state index contributed by atoms with van der Waals surface area (Å²) in [7, 11) is 1.52. The predicted molar refractivity (Wildman–Crippen MR) is 51.7 cm³/mol. The Hall–Kier alpha value is -0.850. The third-order valence-corrected chi connectivity index (χ3v) is 3.32. The molecule has 0 spiro atoms. The van der Waals surface area contributed by atoms with E-state index in [0.29, 0.717) is 6.42 Å². The van der Waals surface area contributed by atoms with Crippen molar-refractivity contribution in [2.75, 3.05) is 7.11 Å². The van der Waals surface area contributed by atoms with Gasteiger partial charge in [-0.3, -0.25) is 0 Å². The van der Waals surface area contributed by atoms with Gasteiger partial charge in [0.15, 0.2) is 18.5 Å². The van der Waals surface area contributed by atoms with Crippen LogP contribution in [-0.2, 0) is 18.9 Å². The lowest BCUT2D eigenvalue weighted by molar-refractivity contribution is -0.298. The van der Waals surface area contributed by atoms with Gasteiger partial charge in [-0.25, -0.2) is 4.79 Å². The number of aliphatic hydroxyl groups is 1. The molecule has 0 aromatic heterocycles. The summed E-state index contributed by atoms with van der Waals surface area (Å²) in [6, 6.07) is 0. The quantitative estimate of drug-likeness (QED) is 0.696. The molecule has 1 unspecified atom stereocenters. The van der Waals surface area contributed by atoms with Gasteiger partial charge in [0.2, 0.25) is 0 Å². The van der Waals surface area contributed by atoms with Crippen LogP contribution >= 0.6 is 0 Å². The second-order valence-corrected chi connectivity index (χ2v) is 4.25. The van der Waals surface area contributed by atoms with Crippen molar-refractivity contribution in [3.8, 4) is 0 Å². The summed E-state index contributed by atoms with van der Waals surface area (Å²) in [6.45, 7) is 3.73. The minimum atomic E-state index is -1.17. The fourth-order valence-electron chi connectivity index (χ4n) is 2.26. The van der Waals surface area contributed by atoms with Gasteiger partial charge in [-0.15, -0.1) is 0 Å². The van der Waals surface area contributed by atoms with Crippen molar-refractivity contribution in [3.05, 3.63) is 0 Å². The number of carbonyl (C=O) groups excluding carboxylic acids is 1. The number of fused-ring (bicyclic) bond motifs is 1. The first-order chi connectivity index (χ1) is 7.51. The molecule has 2 aliphatic rings. The van der Waals surface area contributed by atoms with Gasteiger partial charge in [-0.1, -0.05) is 6.92 Å². The Morgan fingerprint density at radius 3 is 2.62 bits per heavy atom. The van der Waals surface area contributed by atoms with E-state index < -0.39 is 36.4 Å². The zero-order valence-electron chi connectivity index (χ0n) is 9.50. The molecule has 2 rings (SSSR count). The maximum absolute atomic E-state index is 11.0. The standard InChI is InChI=1S/C10H16O6/c1-4-10(2)7(13-3)5-6(8(11)16-10)15-9(12)14-5/h5-8,11H,4H2,1-3H3/t5-,6+,7+,8?,10-/m0/s1. The van der Waals surface area contributed by atoms with E-state index in [4.69, 9.17) is 18.9 Å². The molecule has 0 aromatic carbocycles. The van der Waals surface area contributed by atoms with Gasteiger partial charge in [0.25, 0.3) is 0 Å². The van der Waals surface area contributed by atoms with Crippen LogP contribution in [-0.4, -0.2) is 48.6 Å². The fraction of sp³-hybridized carbons (Fsp3) is 0.900. The maximum atomic E-state index is 11.0. The average Bonchev–Trinajstić information content (AvgIpc) is 2.61. The van der Waals surface area contributed by atoms with Crippen LogP contribution in [0.4, 0.5) is 4.79 Å². The number of aliphatic hydroxyl groups excluding tert-OH is 1. The number of hydrogen-bond donors (Lipinski definition) is 1. The Bertz CT molecular complexity index is 293. The number of carbonyl (C=O) groups is 1. The highest BCUT2D eigenvalue weighted by molar-refractivity contribution is 5.63. The highest BCUT2D eigenvalue weighted by Crippen LogP contribution is 2.38. The van der Waals surface area contributed by atoms with Crippen molar-refractivity contribution < 1.29 is 28.8 Å². The van der Waals surface area contributed by atoms with E-state index in [1.807, 2.05) is 13.8 Å². The zero-order chi connectivity index (χ0) is 11.9. The summed E-state index contributed by atoms with van der Waals surface area (Å²) in [5.41, 5.74) is -0.691. The molecular weight excluding hydrogens is 216 g/mol. The number of ether oxygens (including phenoxy) is 4. The molecule has 2 heterocycles. The molecule has 1 N–H and O–H groups in total. The lowest BCUT2D eigenvalue weighted by Crippen LogP contribution is -2.62. The first-order valence-corrected chi connectivity index (χ1v) is 5.28. The van der Waals surface area contributed by atoms with Crippen LogP contribution in [0.5, 0.6) is 0 Å². The lowest BCUT2D eigenvalue weighted by atomic mass is 9.86. The van der Waals surface area contributed by atoms with Crippen molar-refractivity contribution in [2.45, 2.75) is 50.5 Å². The van der Waals surface area contributed by atoms with Crippen LogP contribution in [0.1, 0.15) is 20.3 Å². The summed E-state index contributed by atoms with van der Waals surface area (Å²) < 4.78 is 20.6. The molecule has 0 bridgehead atoms. The summed E-state index contributed by atoms with van der Waals surface area (Å²) in [4.78, 5) is 11.0. The van der Waals surface area contributed by atoms with Crippen LogP contribution in [0.3, 0.4) is 0 Å². The summed E-state index contributed by atoms with van der Waals surface area (Å²) >= 11 is 0. The first kappa shape index (κ1) is 11.6. The van der Waals surface area contributed by atoms with Crippen molar-refractivity contribution in [1.29, 1.82) is 0 Å². The number of hydrogen-bond acceptors (Lipinski definition) is 6. The molecule has 0 radical (unpaired) electrons. The van der Waals surface area contributed by atoms with E-state index in [0.717, 1.165) is 0 Å². The van der Waals surface area contributed by atoms with Crippen molar-refractivity contribution in [1.82, 2.24) is 0 Å². The maximum Gasteiger partial charge on any atom is 0.509 e. The van der Waals surface area contributed by atoms with Crippen molar-refractivity contribution >= 4 is 6.16 Å². The Balaban J connectivity index is 2.27. The van der Waals surface area contributed by atoms with Crippen LogP contribution < -0.4 is 0 Å². The summed E-state index contributed by atoms with van der Waals surface area (Å²) in [5, 5.41) is 9.74. The molecule has 92 valence electrons. The summed E-state index contributed by atoms with van der Waals surface area (Å²) in [6.07, 6.45) is -3.21. The highest BCUT2D eigenvalue weighted by Gasteiger charge is 2.58. The molecule has 0 aromatic rings.